The predicted molar refractivity (Wildman–Crippen MR) is 71.7 cm³/mol. The molecule has 0 saturated carbocycles. The van der Waals surface area contributed by atoms with Crippen molar-refractivity contribution in [2.75, 3.05) is 0 Å². The van der Waals surface area contributed by atoms with Crippen LogP contribution in [0.5, 0.6) is 0 Å². The van der Waals surface area contributed by atoms with Crippen molar-refractivity contribution in [2.24, 2.45) is 7.05 Å². The quantitative estimate of drug-likeness (QED) is 0.822. The summed E-state index contributed by atoms with van der Waals surface area (Å²) in [4.78, 5) is 11.8. The fourth-order valence-corrected chi connectivity index (χ4v) is 2.11. The van der Waals surface area contributed by atoms with Crippen LogP contribution in [0.25, 0.3) is 0 Å². The van der Waals surface area contributed by atoms with Crippen molar-refractivity contribution in [3.63, 3.8) is 0 Å². The van der Waals surface area contributed by atoms with Crippen LogP contribution in [0.4, 0.5) is 0 Å². The van der Waals surface area contributed by atoms with Crippen LogP contribution in [-0.4, -0.2) is 14.3 Å². The van der Waals surface area contributed by atoms with Gasteiger partial charge in [0.1, 0.15) is 5.82 Å². The van der Waals surface area contributed by atoms with Gasteiger partial charge in [-0.3, -0.25) is 4.57 Å². The van der Waals surface area contributed by atoms with E-state index in [-0.39, 0.29) is 5.69 Å². The van der Waals surface area contributed by atoms with Gasteiger partial charge in [-0.15, -0.1) is 0 Å². The van der Waals surface area contributed by atoms with Crippen LogP contribution in [0.1, 0.15) is 23.9 Å². The molecule has 0 spiro atoms. The molecule has 2 aromatic rings. The predicted octanol–water partition coefficient (Wildman–Crippen LogP) is 1.70. The second kappa shape index (κ2) is 5.21. The summed E-state index contributed by atoms with van der Waals surface area (Å²) in [5, 5.41) is 4.25. The van der Waals surface area contributed by atoms with Gasteiger partial charge in [0.15, 0.2) is 0 Å². The van der Waals surface area contributed by atoms with Crippen molar-refractivity contribution < 1.29 is 0 Å². The summed E-state index contributed by atoms with van der Waals surface area (Å²) in [6, 6.07) is 8.36. The van der Waals surface area contributed by atoms with Crippen LogP contribution in [0.3, 0.4) is 0 Å². The molecule has 0 aliphatic carbocycles. The third-order valence-electron chi connectivity index (χ3n) is 3.35. The molecule has 0 saturated heterocycles. The number of aryl methyl sites for hydroxylation is 4. The zero-order chi connectivity index (χ0) is 13.1. The Balaban J connectivity index is 2.16. The average molecular weight is 245 g/mol. The van der Waals surface area contributed by atoms with E-state index in [0.717, 1.165) is 18.7 Å². The number of hydrogen-bond donors (Lipinski definition) is 0. The van der Waals surface area contributed by atoms with Crippen LogP contribution >= 0.6 is 0 Å². The van der Waals surface area contributed by atoms with Gasteiger partial charge in [-0.1, -0.05) is 31.2 Å². The number of hydrogen-bond acceptors (Lipinski definition) is 2. The molecule has 96 valence electrons. The summed E-state index contributed by atoms with van der Waals surface area (Å²) >= 11 is 0. The number of benzene rings is 1. The maximum atomic E-state index is 11.8. The van der Waals surface area contributed by atoms with Crippen LogP contribution < -0.4 is 5.69 Å². The van der Waals surface area contributed by atoms with E-state index < -0.39 is 0 Å². The van der Waals surface area contributed by atoms with Crippen LogP contribution in [0, 0.1) is 6.92 Å². The molecule has 0 bridgehead atoms. The molecule has 1 aromatic heterocycles. The third kappa shape index (κ3) is 2.37. The molecule has 0 unspecified atom stereocenters. The summed E-state index contributed by atoms with van der Waals surface area (Å²) < 4.78 is 3.12. The number of aromatic nitrogens is 3. The standard InChI is InChI=1S/C14H19N3O/c1-4-12-7-5-6-8-13(12)9-10-17-14(18)16(3)11(2)15-17/h5-8H,4,9-10H2,1-3H3. The lowest BCUT2D eigenvalue weighted by Gasteiger charge is -2.06. The van der Waals surface area contributed by atoms with E-state index in [4.69, 9.17) is 0 Å². The van der Waals surface area contributed by atoms with Crippen molar-refractivity contribution in [3.8, 4) is 0 Å². The van der Waals surface area contributed by atoms with Crippen molar-refractivity contribution >= 4 is 0 Å². The van der Waals surface area contributed by atoms with Crippen molar-refractivity contribution in [2.45, 2.75) is 33.2 Å². The van der Waals surface area contributed by atoms with E-state index >= 15 is 0 Å². The molecule has 1 aromatic carbocycles. The molecule has 0 aliphatic rings. The average Bonchev–Trinajstić information content (AvgIpc) is 2.64. The van der Waals surface area contributed by atoms with Gasteiger partial charge in [-0.2, -0.15) is 5.10 Å². The fourth-order valence-electron chi connectivity index (χ4n) is 2.11. The first-order valence-electron chi connectivity index (χ1n) is 6.30. The Hall–Kier alpha value is -1.84. The third-order valence-corrected chi connectivity index (χ3v) is 3.35. The molecule has 18 heavy (non-hydrogen) atoms. The smallest absolute Gasteiger partial charge is 0.282 e. The van der Waals surface area contributed by atoms with Crippen molar-refractivity contribution in [1.29, 1.82) is 0 Å². The fraction of sp³-hybridized carbons (Fsp3) is 0.429. The van der Waals surface area contributed by atoms with Crippen LogP contribution in [-0.2, 0) is 26.4 Å². The minimum atomic E-state index is -0.0403. The van der Waals surface area contributed by atoms with E-state index in [2.05, 4.69) is 30.2 Å². The minimum absolute atomic E-state index is 0.0403. The molecule has 4 heteroatoms. The molecule has 0 radical (unpaired) electrons. The van der Waals surface area contributed by atoms with Gasteiger partial charge in [0.05, 0.1) is 6.54 Å². The van der Waals surface area contributed by atoms with E-state index in [9.17, 15) is 4.79 Å². The zero-order valence-corrected chi connectivity index (χ0v) is 11.2. The molecule has 0 fully saturated rings. The molecular weight excluding hydrogens is 226 g/mol. The first-order chi connectivity index (χ1) is 8.63. The SMILES string of the molecule is CCc1ccccc1CCn1nc(C)n(C)c1=O. The Morgan fingerprint density at radius 2 is 1.89 bits per heavy atom. The highest BCUT2D eigenvalue weighted by Gasteiger charge is 2.07. The molecule has 0 aliphatic heterocycles. The Morgan fingerprint density at radius 1 is 1.22 bits per heavy atom. The summed E-state index contributed by atoms with van der Waals surface area (Å²) in [6.07, 6.45) is 1.87. The molecule has 0 atom stereocenters. The topological polar surface area (TPSA) is 39.8 Å². The highest BCUT2D eigenvalue weighted by molar-refractivity contribution is 5.26. The Kier molecular flexibility index (Phi) is 3.65. The van der Waals surface area contributed by atoms with Crippen LogP contribution in [0.2, 0.25) is 0 Å². The van der Waals surface area contributed by atoms with Gasteiger partial charge in [0.2, 0.25) is 0 Å². The van der Waals surface area contributed by atoms with Gasteiger partial charge in [-0.05, 0) is 30.9 Å². The van der Waals surface area contributed by atoms with Gasteiger partial charge in [0, 0.05) is 7.05 Å². The molecule has 1 heterocycles. The van der Waals surface area contributed by atoms with E-state index in [1.54, 1.807) is 16.3 Å². The Bertz CT molecular complexity index is 595. The normalized spacial score (nSPS) is 10.8. The molecular formula is C14H19N3O. The summed E-state index contributed by atoms with van der Waals surface area (Å²) in [6.45, 7) is 4.63. The summed E-state index contributed by atoms with van der Waals surface area (Å²) in [7, 11) is 1.75. The number of rotatable bonds is 4. The maximum Gasteiger partial charge on any atom is 0.345 e. The lowest BCUT2D eigenvalue weighted by Crippen LogP contribution is -2.24. The first kappa shape index (κ1) is 12.6. The second-order valence-electron chi connectivity index (χ2n) is 4.48. The van der Waals surface area contributed by atoms with Crippen molar-refractivity contribution in [1.82, 2.24) is 14.3 Å². The zero-order valence-electron chi connectivity index (χ0n) is 11.2. The van der Waals surface area contributed by atoms with Gasteiger partial charge >= 0.3 is 5.69 Å². The first-order valence-corrected chi connectivity index (χ1v) is 6.30. The van der Waals surface area contributed by atoms with Gasteiger partial charge in [-0.25, -0.2) is 9.48 Å². The van der Waals surface area contributed by atoms with E-state index in [0.29, 0.717) is 6.54 Å². The monoisotopic (exact) mass is 245 g/mol. The Labute approximate surface area is 107 Å². The second-order valence-corrected chi connectivity index (χ2v) is 4.48. The lowest BCUT2D eigenvalue weighted by atomic mass is 10.0. The van der Waals surface area contributed by atoms with Gasteiger partial charge < -0.3 is 0 Å². The number of nitrogens with zero attached hydrogens (tertiary/aromatic N) is 3. The highest BCUT2D eigenvalue weighted by Crippen LogP contribution is 2.10. The molecule has 4 nitrogen and oxygen atoms in total. The maximum absolute atomic E-state index is 11.8. The van der Waals surface area contributed by atoms with E-state index in [1.165, 1.54) is 11.1 Å². The summed E-state index contributed by atoms with van der Waals surface area (Å²) in [5.74, 6) is 0.753. The van der Waals surface area contributed by atoms with Crippen molar-refractivity contribution in [3.05, 3.63) is 51.7 Å². The molecule has 0 N–H and O–H groups in total. The van der Waals surface area contributed by atoms with Gasteiger partial charge in [0.25, 0.3) is 0 Å². The van der Waals surface area contributed by atoms with Crippen LogP contribution in [0.15, 0.2) is 29.1 Å². The van der Waals surface area contributed by atoms with E-state index in [1.807, 2.05) is 13.0 Å². The lowest BCUT2D eigenvalue weighted by molar-refractivity contribution is 0.582. The minimum Gasteiger partial charge on any atom is -0.282 e. The summed E-state index contributed by atoms with van der Waals surface area (Å²) in [5.41, 5.74) is 2.61. The largest absolute Gasteiger partial charge is 0.345 e. The Morgan fingerprint density at radius 3 is 2.44 bits per heavy atom. The molecule has 2 rings (SSSR count). The highest BCUT2D eigenvalue weighted by atomic mass is 16.2. The molecule has 0 amide bonds.